The Balaban J connectivity index is 1.49. The molecular formula is C19H23FN6. The number of rotatable bonds is 4. The molecule has 0 spiro atoms. The van der Waals surface area contributed by atoms with Gasteiger partial charge in [-0.05, 0) is 24.7 Å². The predicted molar refractivity (Wildman–Crippen MR) is 99.7 cm³/mol. The Morgan fingerprint density at radius 3 is 2.69 bits per heavy atom. The Hall–Kier alpha value is -2.67. The van der Waals surface area contributed by atoms with Crippen LogP contribution in [0, 0.1) is 0 Å². The molecule has 3 heterocycles. The molecular weight excluding hydrogens is 331 g/mol. The minimum absolute atomic E-state index is 0.107. The lowest BCUT2D eigenvalue weighted by atomic mass is 10.1. The molecule has 1 fully saturated rings. The van der Waals surface area contributed by atoms with E-state index in [1.54, 1.807) is 12.4 Å². The van der Waals surface area contributed by atoms with Gasteiger partial charge in [-0.1, -0.05) is 6.07 Å². The second-order valence-corrected chi connectivity index (χ2v) is 6.72. The normalized spacial score (nSPS) is 18.7. The van der Waals surface area contributed by atoms with Gasteiger partial charge in [-0.15, -0.1) is 0 Å². The fourth-order valence-electron chi connectivity index (χ4n) is 3.36. The van der Waals surface area contributed by atoms with E-state index in [9.17, 15) is 4.39 Å². The predicted octanol–water partition coefficient (Wildman–Crippen LogP) is 1.59. The van der Waals surface area contributed by atoms with Gasteiger partial charge in [0.15, 0.2) is 0 Å². The largest absolute Gasteiger partial charge is 0.383 e. The van der Waals surface area contributed by atoms with Gasteiger partial charge in [-0.25, -0.2) is 4.39 Å². The zero-order valence-corrected chi connectivity index (χ0v) is 14.9. The number of hydrogen-bond donors (Lipinski definition) is 2. The SMILES string of the molecule is CN1CCN(C2=C(F)CNC=C2NCc2ccc3nccnc3c2)CC1. The third kappa shape index (κ3) is 3.48. The first kappa shape index (κ1) is 16.8. The highest BCUT2D eigenvalue weighted by Gasteiger charge is 2.24. The molecule has 1 saturated heterocycles. The molecule has 1 aromatic carbocycles. The number of likely N-dealkylation sites (N-methyl/N-ethyl adjacent to an activating group) is 1. The highest BCUT2D eigenvalue weighted by Crippen LogP contribution is 2.23. The molecule has 0 amide bonds. The number of hydrogen-bond acceptors (Lipinski definition) is 6. The molecule has 0 bridgehead atoms. The molecule has 2 N–H and O–H groups in total. The van der Waals surface area contributed by atoms with Crippen LogP contribution < -0.4 is 10.6 Å². The summed E-state index contributed by atoms with van der Waals surface area (Å²) >= 11 is 0. The van der Waals surface area contributed by atoms with Gasteiger partial charge < -0.3 is 20.4 Å². The summed E-state index contributed by atoms with van der Waals surface area (Å²) in [6.07, 6.45) is 5.25. The molecule has 2 aliphatic heterocycles. The number of piperazine rings is 1. The topological polar surface area (TPSA) is 56.3 Å². The lowest BCUT2D eigenvalue weighted by molar-refractivity contribution is 0.182. The number of halogens is 1. The van der Waals surface area contributed by atoms with Crippen molar-refractivity contribution in [3.8, 4) is 0 Å². The molecule has 136 valence electrons. The smallest absolute Gasteiger partial charge is 0.144 e. The van der Waals surface area contributed by atoms with Crippen LogP contribution >= 0.6 is 0 Å². The second kappa shape index (κ2) is 7.29. The van der Waals surface area contributed by atoms with Crippen LogP contribution in [0.3, 0.4) is 0 Å². The molecule has 0 aliphatic carbocycles. The standard InChI is InChI=1S/C19H23FN6/c1-25-6-8-26(9-7-25)19-15(20)12-21-13-18(19)24-11-14-2-3-16-17(10-14)23-5-4-22-16/h2-5,10,13,21,24H,6-9,11-12H2,1H3. The van der Waals surface area contributed by atoms with E-state index in [4.69, 9.17) is 0 Å². The minimum Gasteiger partial charge on any atom is -0.383 e. The Morgan fingerprint density at radius 2 is 1.88 bits per heavy atom. The maximum Gasteiger partial charge on any atom is 0.144 e. The third-order valence-corrected chi connectivity index (χ3v) is 4.85. The van der Waals surface area contributed by atoms with E-state index in [1.165, 1.54) is 0 Å². The minimum atomic E-state index is -0.107. The molecule has 2 aliphatic rings. The summed E-state index contributed by atoms with van der Waals surface area (Å²) in [6.45, 7) is 4.41. The monoisotopic (exact) mass is 354 g/mol. The van der Waals surface area contributed by atoms with Crippen molar-refractivity contribution in [2.24, 2.45) is 0 Å². The van der Waals surface area contributed by atoms with Crippen LogP contribution in [0.2, 0.25) is 0 Å². The fourth-order valence-corrected chi connectivity index (χ4v) is 3.36. The summed E-state index contributed by atoms with van der Waals surface area (Å²) in [5.74, 6) is -0.107. The zero-order valence-electron chi connectivity index (χ0n) is 14.9. The van der Waals surface area contributed by atoms with Crippen molar-refractivity contribution in [1.82, 2.24) is 30.4 Å². The number of benzene rings is 1. The van der Waals surface area contributed by atoms with Crippen LogP contribution in [0.4, 0.5) is 4.39 Å². The lowest BCUT2D eigenvalue weighted by Crippen LogP contribution is -2.46. The van der Waals surface area contributed by atoms with Crippen LogP contribution in [0.5, 0.6) is 0 Å². The van der Waals surface area contributed by atoms with Crippen LogP contribution in [0.1, 0.15) is 5.56 Å². The number of nitrogens with zero attached hydrogens (tertiary/aromatic N) is 4. The maximum absolute atomic E-state index is 14.6. The van der Waals surface area contributed by atoms with Gasteiger partial charge in [-0.2, -0.15) is 0 Å². The molecule has 2 aromatic rings. The van der Waals surface area contributed by atoms with E-state index in [1.807, 2.05) is 24.4 Å². The molecule has 26 heavy (non-hydrogen) atoms. The molecule has 7 heteroatoms. The van der Waals surface area contributed by atoms with E-state index >= 15 is 0 Å². The lowest BCUT2D eigenvalue weighted by Gasteiger charge is -2.37. The number of nitrogens with one attached hydrogen (secondary N) is 2. The van der Waals surface area contributed by atoms with Gasteiger partial charge in [0, 0.05) is 51.3 Å². The molecule has 0 unspecified atom stereocenters. The Labute approximate surface area is 152 Å². The number of aromatic nitrogens is 2. The van der Waals surface area contributed by atoms with Crippen LogP contribution in [0.15, 0.2) is 54.0 Å². The molecule has 0 atom stereocenters. The average Bonchev–Trinajstić information content (AvgIpc) is 2.67. The van der Waals surface area contributed by atoms with Gasteiger partial charge in [0.05, 0.1) is 29.0 Å². The van der Waals surface area contributed by atoms with Crippen molar-refractivity contribution in [1.29, 1.82) is 0 Å². The van der Waals surface area contributed by atoms with Crippen LogP contribution in [-0.4, -0.2) is 59.5 Å². The Morgan fingerprint density at radius 1 is 1.12 bits per heavy atom. The second-order valence-electron chi connectivity index (χ2n) is 6.72. The highest BCUT2D eigenvalue weighted by molar-refractivity contribution is 5.74. The quantitative estimate of drug-likeness (QED) is 0.870. The van der Waals surface area contributed by atoms with Gasteiger partial charge in [0.2, 0.25) is 0 Å². The Kier molecular flexibility index (Phi) is 4.71. The summed E-state index contributed by atoms with van der Waals surface area (Å²) in [7, 11) is 2.10. The summed E-state index contributed by atoms with van der Waals surface area (Å²) in [5, 5.41) is 6.40. The van der Waals surface area contributed by atoms with E-state index in [2.05, 4.69) is 37.4 Å². The molecule has 6 nitrogen and oxygen atoms in total. The molecule has 0 radical (unpaired) electrons. The zero-order chi connectivity index (χ0) is 17.9. The van der Waals surface area contributed by atoms with Crippen molar-refractivity contribution in [3.63, 3.8) is 0 Å². The van der Waals surface area contributed by atoms with Gasteiger partial charge in [0.1, 0.15) is 5.83 Å². The van der Waals surface area contributed by atoms with E-state index in [-0.39, 0.29) is 12.4 Å². The van der Waals surface area contributed by atoms with Crippen LogP contribution in [-0.2, 0) is 6.54 Å². The van der Waals surface area contributed by atoms with Gasteiger partial charge in [-0.3, -0.25) is 9.97 Å². The Bertz CT molecular complexity index is 854. The fraction of sp³-hybridized carbons (Fsp3) is 0.368. The highest BCUT2D eigenvalue weighted by atomic mass is 19.1. The van der Waals surface area contributed by atoms with Crippen molar-refractivity contribution in [3.05, 3.63) is 59.6 Å². The molecule has 1 aromatic heterocycles. The third-order valence-electron chi connectivity index (χ3n) is 4.85. The number of dihydropyridines is 1. The summed E-state index contributed by atoms with van der Waals surface area (Å²) in [5.41, 5.74) is 4.32. The van der Waals surface area contributed by atoms with E-state index < -0.39 is 0 Å². The maximum atomic E-state index is 14.6. The first-order valence-corrected chi connectivity index (χ1v) is 8.90. The van der Waals surface area contributed by atoms with E-state index in [0.29, 0.717) is 12.2 Å². The average molecular weight is 354 g/mol. The first-order valence-electron chi connectivity index (χ1n) is 8.90. The summed E-state index contributed by atoms with van der Waals surface area (Å²) in [6, 6.07) is 6.00. The molecule has 4 rings (SSSR count). The summed E-state index contributed by atoms with van der Waals surface area (Å²) < 4.78 is 14.6. The van der Waals surface area contributed by atoms with Crippen molar-refractivity contribution in [2.45, 2.75) is 6.54 Å². The van der Waals surface area contributed by atoms with Crippen molar-refractivity contribution >= 4 is 11.0 Å². The molecule has 0 saturated carbocycles. The first-order chi connectivity index (χ1) is 12.7. The van der Waals surface area contributed by atoms with E-state index in [0.717, 1.165) is 48.5 Å². The van der Waals surface area contributed by atoms with Gasteiger partial charge in [0.25, 0.3) is 0 Å². The van der Waals surface area contributed by atoms with Crippen LogP contribution in [0.25, 0.3) is 11.0 Å². The van der Waals surface area contributed by atoms with Crippen molar-refractivity contribution in [2.75, 3.05) is 39.8 Å². The van der Waals surface area contributed by atoms with Gasteiger partial charge >= 0.3 is 0 Å². The number of fused-ring (bicyclic) bond motifs is 1. The summed E-state index contributed by atoms with van der Waals surface area (Å²) in [4.78, 5) is 13.0. The van der Waals surface area contributed by atoms with Crippen molar-refractivity contribution < 1.29 is 4.39 Å².